The van der Waals surface area contributed by atoms with Gasteiger partial charge in [-0.15, -0.1) is 0 Å². The number of aryl methyl sites for hydroxylation is 2. The molecule has 1 rings (SSSR count). The number of rotatable bonds is 8. The van der Waals surface area contributed by atoms with Gasteiger partial charge in [0.1, 0.15) is 6.04 Å². The Labute approximate surface area is 125 Å². The van der Waals surface area contributed by atoms with E-state index in [1.165, 1.54) is 0 Å². The Hall–Kier alpha value is -1.85. The number of carbonyl (C=O) groups is 2. The monoisotopic (exact) mass is 295 g/mol. The predicted molar refractivity (Wildman–Crippen MR) is 80.1 cm³/mol. The average molecular weight is 295 g/mol. The molecule has 6 nitrogen and oxygen atoms in total. The lowest BCUT2D eigenvalue weighted by atomic mass is 10.0. The van der Waals surface area contributed by atoms with Crippen LogP contribution in [0.4, 0.5) is 0 Å². The van der Waals surface area contributed by atoms with Crippen molar-refractivity contribution in [3.63, 3.8) is 0 Å². The van der Waals surface area contributed by atoms with Gasteiger partial charge in [0.05, 0.1) is 12.1 Å². The molecule has 21 heavy (non-hydrogen) atoms. The van der Waals surface area contributed by atoms with E-state index in [-0.39, 0.29) is 12.3 Å². The van der Waals surface area contributed by atoms with Crippen molar-refractivity contribution in [3.8, 4) is 0 Å². The summed E-state index contributed by atoms with van der Waals surface area (Å²) in [4.78, 5) is 23.2. The normalized spacial score (nSPS) is 12.2. The largest absolute Gasteiger partial charge is 0.480 e. The second-order valence-electron chi connectivity index (χ2n) is 5.13. The van der Waals surface area contributed by atoms with E-state index in [2.05, 4.69) is 10.4 Å². The number of carboxylic acids is 1. The molecule has 118 valence electrons. The lowest BCUT2D eigenvalue weighted by Gasteiger charge is -2.14. The molecule has 0 saturated carbocycles. The molecule has 1 aromatic heterocycles. The fraction of sp³-hybridized carbons (Fsp3) is 0.667. The number of amides is 1. The van der Waals surface area contributed by atoms with Gasteiger partial charge in [-0.3, -0.25) is 9.48 Å². The minimum absolute atomic E-state index is 0.188. The van der Waals surface area contributed by atoms with Gasteiger partial charge < -0.3 is 10.4 Å². The van der Waals surface area contributed by atoms with Crippen LogP contribution in [0.5, 0.6) is 0 Å². The van der Waals surface area contributed by atoms with Crippen molar-refractivity contribution in [2.24, 2.45) is 7.05 Å². The summed E-state index contributed by atoms with van der Waals surface area (Å²) < 4.78 is 1.81. The van der Waals surface area contributed by atoms with Crippen molar-refractivity contribution in [2.45, 2.75) is 58.9 Å². The summed E-state index contributed by atoms with van der Waals surface area (Å²) in [7, 11) is 1.87. The van der Waals surface area contributed by atoms with Crippen molar-refractivity contribution >= 4 is 11.9 Å². The average Bonchev–Trinajstić information content (AvgIpc) is 2.73. The standard InChI is InChI=1S/C15H25N3O3/c1-5-8-12(15(20)21)16-14(19)9-10-11(6-2)17-18(4)13(10)7-3/h12H,5-9H2,1-4H3,(H,16,19)(H,20,21). The lowest BCUT2D eigenvalue weighted by molar-refractivity contribution is -0.141. The van der Waals surface area contributed by atoms with Crippen LogP contribution in [-0.2, 0) is 35.9 Å². The van der Waals surface area contributed by atoms with Gasteiger partial charge in [-0.1, -0.05) is 27.2 Å². The van der Waals surface area contributed by atoms with Gasteiger partial charge in [-0.25, -0.2) is 4.79 Å². The van der Waals surface area contributed by atoms with E-state index in [1.807, 2.05) is 32.5 Å². The van der Waals surface area contributed by atoms with Crippen LogP contribution in [-0.4, -0.2) is 32.8 Å². The molecular formula is C15H25N3O3. The molecule has 0 aliphatic carbocycles. The summed E-state index contributed by atoms with van der Waals surface area (Å²) in [6.45, 7) is 5.92. The van der Waals surface area contributed by atoms with Crippen LogP contribution >= 0.6 is 0 Å². The minimum Gasteiger partial charge on any atom is -0.480 e. The van der Waals surface area contributed by atoms with E-state index in [0.717, 1.165) is 29.8 Å². The molecule has 0 radical (unpaired) electrons. The first-order valence-electron chi connectivity index (χ1n) is 7.50. The number of aliphatic carboxylic acids is 1. The van der Waals surface area contributed by atoms with E-state index < -0.39 is 12.0 Å². The Morgan fingerprint density at radius 3 is 2.43 bits per heavy atom. The van der Waals surface area contributed by atoms with Crippen LogP contribution in [0.2, 0.25) is 0 Å². The molecular weight excluding hydrogens is 270 g/mol. The summed E-state index contributed by atoms with van der Waals surface area (Å²) >= 11 is 0. The summed E-state index contributed by atoms with van der Waals surface area (Å²) in [5, 5.41) is 16.1. The molecule has 1 amide bonds. The van der Waals surface area contributed by atoms with Gasteiger partial charge in [0.2, 0.25) is 5.91 Å². The third-order valence-corrected chi connectivity index (χ3v) is 3.58. The van der Waals surface area contributed by atoms with Crippen LogP contribution in [0.1, 0.15) is 50.6 Å². The van der Waals surface area contributed by atoms with E-state index in [9.17, 15) is 9.59 Å². The number of hydrogen-bond acceptors (Lipinski definition) is 3. The molecule has 1 atom stereocenters. The van der Waals surface area contributed by atoms with Gasteiger partial charge in [0.15, 0.2) is 0 Å². The Bertz CT molecular complexity index is 509. The first kappa shape index (κ1) is 17.2. The zero-order chi connectivity index (χ0) is 16.0. The van der Waals surface area contributed by atoms with E-state index in [1.54, 1.807) is 0 Å². The first-order valence-corrected chi connectivity index (χ1v) is 7.50. The number of carboxylic acid groups (broad SMARTS) is 1. The Morgan fingerprint density at radius 2 is 1.95 bits per heavy atom. The number of hydrogen-bond donors (Lipinski definition) is 2. The van der Waals surface area contributed by atoms with Crippen LogP contribution in [0.3, 0.4) is 0 Å². The fourth-order valence-electron chi connectivity index (χ4n) is 2.55. The maximum absolute atomic E-state index is 12.1. The number of carbonyl (C=O) groups excluding carboxylic acids is 1. The van der Waals surface area contributed by atoms with Crippen LogP contribution in [0.15, 0.2) is 0 Å². The SMILES string of the molecule is CCCC(NC(=O)Cc1c(CC)nn(C)c1CC)C(=O)O. The van der Waals surface area contributed by atoms with Gasteiger partial charge in [0.25, 0.3) is 0 Å². The smallest absolute Gasteiger partial charge is 0.326 e. The molecule has 0 aromatic carbocycles. The highest BCUT2D eigenvalue weighted by atomic mass is 16.4. The van der Waals surface area contributed by atoms with Crippen LogP contribution in [0.25, 0.3) is 0 Å². The zero-order valence-corrected chi connectivity index (χ0v) is 13.3. The van der Waals surface area contributed by atoms with Crippen molar-refractivity contribution in [3.05, 3.63) is 17.0 Å². The van der Waals surface area contributed by atoms with Gasteiger partial charge in [-0.05, 0) is 19.3 Å². The maximum Gasteiger partial charge on any atom is 0.326 e. The zero-order valence-electron chi connectivity index (χ0n) is 13.3. The second-order valence-corrected chi connectivity index (χ2v) is 5.13. The molecule has 0 aliphatic rings. The third kappa shape index (κ3) is 4.31. The Morgan fingerprint density at radius 1 is 1.29 bits per heavy atom. The summed E-state index contributed by atoms with van der Waals surface area (Å²) in [5.41, 5.74) is 2.87. The topological polar surface area (TPSA) is 84.2 Å². The van der Waals surface area contributed by atoms with Gasteiger partial charge >= 0.3 is 5.97 Å². The molecule has 6 heteroatoms. The minimum atomic E-state index is -0.984. The third-order valence-electron chi connectivity index (χ3n) is 3.58. The fourth-order valence-corrected chi connectivity index (χ4v) is 2.55. The molecule has 1 unspecified atom stereocenters. The molecule has 0 fully saturated rings. The van der Waals surface area contributed by atoms with Crippen molar-refractivity contribution in [1.29, 1.82) is 0 Å². The highest BCUT2D eigenvalue weighted by molar-refractivity contribution is 5.85. The van der Waals surface area contributed by atoms with Gasteiger partial charge in [0, 0.05) is 18.3 Å². The van der Waals surface area contributed by atoms with Crippen LogP contribution in [0, 0.1) is 0 Å². The van der Waals surface area contributed by atoms with Crippen molar-refractivity contribution in [1.82, 2.24) is 15.1 Å². The van der Waals surface area contributed by atoms with E-state index >= 15 is 0 Å². The highest BCUT2D eigenvalue weighted by Crippen LogP contribution is 2.16. The quantitative estimate of drug-likeness (QED) is 0.760. The highest BCUT2D eigenvalue weighted by Gasteiger charge is 2.21. The Balaban J connectivity index is 2.85. The molecule has 0 bridgehead atoms. The summed E-state index contributed by atoms with van der Waals surface area (Å²) in [5.74, 6) is -1.24. The molecule has 1 aromatic rings. The summed E-state index contributed by atoms with van der Waals surface area (Å²) in [6.07, 6.45) is 2.89. The predicted octanol–water partition coefficient (Wildman–Crippen LogP) is 1.46. The van der Waals surface area contributed by atoms with Gasteiger partial charge in [-0.2, -0.15) is 5.10 Å². The maximum atomic E-state index is 12.1. The lowest BCUT2D eigenvalue weighted by Crippen LogP contribution is -2.41. The summed E-state index contributed by atoms with van der Waals surface area (Å²) in [6, 6.07) is -0.811. The number of nitrogens with one attached hydrogen (secondary N) is 1. The molecule has 0 spiro atoms. The molecule has 1 heterocycles. The van der Waals surface area contributed by atoms with E-state index in [0.29, 0.717) is 12.8 Å². The van der Waals surface area contributed by atoms with Crippen LogP contribution < -0.4 is 5.32 Å². The first-order chi connectivity index (χ1) is 9.94. The molecule has 0 aliphatic heterocycles. The van der Waals surface area contributed by atoms with Crippen molar-refractivity contribution in [2.75, 3.05) is 0 Å². The number of nitrogens with zero attached hydrogens (tertiary/aromatic N) is 2. The van der Waals surface area contributed by atoms with E-state index in [4.69, 9.17) is 5.11 Å². The molecule has 2 N–H and O–H groups in total. The molecule has 0 saturated heterocycles. The second kappa shape index (κ2) is 7.81. The number of aromatic nitrogens is 2. The van der Waals surface area contributed by atoms with Crippen molar-refractivity contribution < 1.29 is 14.7 Å². The Kier molecular flexibility index (Phi) is 6.39.